The fourth-order valence-electron chi connectivity index (χ4n) is 2.93. The van der Waals surface area contributed by atoms with Gasteiger partial charge in [0.2, 0.25) is 5.91 Å². The van der Waals surface area contributed by atoms with E-state index < -0.39 is 11.6 Å². The minimum absolute atomic E-state index is 0. The maximum absolute atomic E-state index is 14.0. The number of amides is 1. The van der Waals surface area contributed by atoms with E-state index in [1.807, 2.05) is 18.7 Å². The van der Waals surface area contributed by atoms with Gasteiger partial charge in [-0.3, -0.25) is 9.79 Å². The number of nitrogens with one attached hydrogen (secondary N) is 2. The van der Waals surface area contributed by atoms with Gasteiger partial charge >= 0.3 is 0 Å². The molecule has 0 atom stereocenters. The molecule has 0 aromatic heterocycles. The summed E-state index contributed by atoms with van der Waals surface area (Å²) in [4.78, 5) is 20.2. The molecule has 1 aromatic rings. The minimum Gasteiger partial charge on any atom is -0.366 e. The zero-order chi connectivity index (χ0) is 19.6. The standard InChI is InChI=1S/C19H29F2N5O.HI/c1-3-8-23-18(27)7-9-24-19(22-4-2)26-12-10-25(11-13-26)17-14-15(20)5-6-16(17)21;/h5-6,14H,3-4,7-13H2,1-2H3,(H,22,24)(H,23,27);1H. The Balaban J connectivity index is 0.00000392. The zero-order valence-electron chi connectivity index (χ0n) is 16.5. The van der Waals surface area contributed by atoms with Crippen molar-refractivity contribution in [3.8, 4) is 0 Å². The van der Waals surface area contributed by atoms with Crippen LogP contribution in [0.4, 0.5) is 14.5 Å². The maximum Gasteiger partial charge on any atom is 0.221 e. The molecule has 2 N–H and O–H groups in total. The van der Waals surface area contributed by atoms with Gasteiger partial charge in [0.1, 0.15) is 11.6 Å². The number of piperazine rings is 1. The van der Waals surface area contributed by atoms with Gasteiger partial charge in [-0.25, -0.2) is 8.78 Å². The molecule has 1 aromatic carbocycles. The van der Waals surface area contributed by atoms with E-state index in [1.54, 1.807) is 0 Å². The van der Waals surface area contributed by atoms with Crippen molar-refractivity contribution in [2.75, 3.05) is 50.7 Å². The summed E-state index contributed by atoms with van der Waals surface area (Å²) >= 11 is 0. The maximum atomic E-state index is 14.0. The Kier molecular flexibility index (Phi) is 11.1. The topological polar surface area (TPSA) is 60.0 Å². The molecule has 6 nitrogen and oxygen atoms in total. The predicted molar refractivity (Wildman–Crippen MR) is 119 cm³/mol. The van der Waals surface area contributed by atoms with Gasteiger partial charge < -0.3 is 20.4 Å². The monoisotopic (exact) mass is 509 g/mol. The Hall–Kier alpha value is -1.65. The van der Waals surface area contributed by atoms with Crippen LogP contribution >= 0.6 is 24.0 Å². The molecular weight excluding hydrogens is 479 g/mol. The number of guanidine groups is 1. The SMILES string of the molecule is CCCNC(=O)CCN=C(NCC)N1CCN(c2cc(F)ccc2F)CC1.I. The number of aliphatic imine (C=N–C) groups is 1. The van der Waals surface area contributed by atoms with Crippen molar-refractivity contribution < 1.29 is 13.6 Å². The first-order valence-corrected chi connectivity index (χ1v) is 9.55. The van der Waals surface area contributed by atoms with Crippen LogP contribution in [0, 0.1) is 11.6 Å². The summed E-state index contributed by atoms with van der Waals surface area (Å²) in [5, 5.41) is 6.07. The number of anilines is 1. The van der Waals surface area contributed by atoms with Gasteiger partial charge in [0, 0.05) is 51.8 Å². The number of benzene rings is 1. The number of rotatable bonds is 7. The second-order valence-corrected chi connectivity index (χ2v) is 6.41. The molecule has 28 heavy (non-hydrogen) atoms. The van der Waals surface area contributed by atoms with Crippen molar-refractivity contribution in [2.45, 2.75) is 26.7 Å². The molecule has 9 heteroatoms. The Bertz CT molecular complexity index is 651. The molecule has 0 aliphatic carbocycles. The van der Waals surface area contributed by atoms with E-state index in [0.717, 1.165) is 31.1 Å². The van der Waals surface area contributed by atoms with Crippen molar-refractivity contribution in [3.05, 3.63) is 29.8 Å². The highest BCUT2D eigenvalue weighted by atomic mass is 127. The number of hydrogen-bond donors (Lipinski definition) is 2. The predicted octanol–water partition coefficient (Wildman–Crippen LogP) is 2.59. The third-order valence-corrected chi connectivity index (χ3v) is 4.34. The zero-order valence-corrected chi connectivity index (χ0v) is 18.8. The number of carbonyl (C=O) groups is 1. The lowest BCUT2D eigenvalue weighted by molar-refractivity contribution is -0.120. The van der Waals surface area contributed by atoms with Crippen LogP contribution in [-0.2, 0) is 4.79 Å². The van der Waals surface area contributed by atoms with Crippen molar-refractivity contribution >= 4 is 41.5 Å². The highest BCUT2D eigenvalue weighted by Gasteiger charge is 2.22. The highest BCUT2D eigenvalue weighted by Crippen LogP contribution is 2.21. The van der Waals surface area contributed by atoms with Gasteiger partial charge in [-0.05, 0) is 25.5 Å². The first kappa shape index (κ1) is 24.4. The van der Waals surface area contributed by atoms with Crippen LogP contribution in [0.1, 0.15) is 26.7 Å². The molecule has 1 aliphatic rings. The first-order chi connectivity index (χ1) is 13.0. The summed E-state index contributed by atoms with van der Waals surface area (Å²) in [6, 6.07) is 3.52. The lowest BCUT2D eigenvalue weighted by Crippen LogP contribution is -2.52. The Morgan fingerprint density at radius 3 is 2.50 bits per heavy atom. The fourth-order valence-corrected chi connectivity index (χ4v) is 2.93. The van der Waals surface area contributed by atoms with E-state index >= 15 is 0 Å². The summed E-state index contributed by atoms with van der Waals surface area (Å²) in [7, 11) is 0. The smallest absolute Gasteiger partial charge is 0.221 e. The quantitative estimate of drug-likeness (QED) is 0.337. The largest absolute Gasteiger partial charge is 0.366 e. The molecule has 0 saturated carbocycles. The lowest BCUT2D eigenvalue weighted by Gasteiger charge is -2.37. The van der Waals surface area contributed by atoms with E-state index in [4.69, 9.17) is 0 Å². The van der Waals surface area contributed by atoms with E-state index in [0.29, 0.717) is 51.4 Å². The van der Waals surface area contributed by atoms with Crippen LogP contribution in [0.5, 0.6) is 0 Å². The molecule has 0 unspecified atom stereocenters. The third-order valence-electron chi connectivity index (χ3n) is 4.34. The summed E-state index contributed by atoms with van der Waals surface area (Å²) in [6.07, 6.45) is 1.26. The van der Waals surface area contributed by atoms with E-state index in [1.165, 1.54) is 6.07 Å². The van der Waals surface area contributed by atoms with E-state index in [-0.39, 0.29) is 29.9 Å². The molecule has 0 radical (unpaired) electrons. The average Bonchev–Trinajstić information content (AvgIpc) is 2.68. The fraction of sp³-hybridized carbons (Fsp3) is 0.579. The summed E-state index contributed by atoms with van der Waals surface area (Å²) in [6.45, 7) is 8.24. The van der Waals surface area contributed by atoms with Crippen molar-refractivity contribution in [1.82, 2.24) is 15.5 Å². The van der Waals surface area contributed by atoms with Crippen molar-refractivity contribution in [3.63, 3.8) is 0 Å². The van der Waals surface area contributed by atoms with Crippen LogP contribution < -0.4 is 15.5 Å². The second kappa shape index (κ2) is 12.7. The number of hydrogen-bond acceptors (Lipinski definition) is 3. The molecule has 1 amide bonds. The highest BCUT2D eigenvalue weighted by molar-refractivity contribution is 14.0. The average molecular weight is 509 g/mol. The van der Waals surface area contributed by atoms with E-state index in [9.17, 15) is 13.6 Å². The van der Waals surface area contributed by atoms with Crippen LogP contribution in [0.2, 0.25) is 0 Å². The molecule has 0 spiro atoms. The number of carbonyl (C=O) groups excluding carboxylic acids is 1. The first-order valence-electron chi connectivity index (χ1n) is 9.55. The van der Waals surface area contributed by atoms with Crippen molar-refractivity contribution in [2.24, 2.45) is 4.99 Å². The summed E-state index contributed by atoms with van der Waals surface area (Å²) in [5.74, 6) is -0.100. The molecule has 1 aliphatic heterocycles. The van der Waals surface area contributed by atoms with Gasteiger partial charge in [0.15, 0.2) is 5.96 Å². The molecule has 158 valence electrons. The Morgan fingerprint density at radius 1 is 1.14 bits per heavy atom. The van der Waals surface area contributed by atoms with Crippen LogP contribution in [0.15, 0.2) is 23.2 Å². The van der Waals surface area contributed by atoms with E-state index in [2.05, 4.69) is 20.5 Å². The number of nitrogens with zero attached hydrogens (tertiary/aromatic N) is 3. The van der Waals surface area contributed by atoms with Gasteiger partial charge in [0.25, 0.3) is 0 Å². The molecule has 1 saturated heterocycles. The summed E-state index contributed by atoms with van der Waals surface area (Å²) < 4.78 is 27.4. The van der Waals surface area contributed by atoms with Crippen LogP contribution in [0.25, 0.3) is 0 Å². The summed E-state index contributed by atoms with van der Waals surface area (Å²) in [5.41, 5.74) is 0.296. The third kappa shape index (κ3) is 7.40. The molecule has 1 heterocycles. The normalized spacial score (nSPS) is 14.5. The molecule has 1 fully saturated rings. The second-order valence-electron chi connectivity index (χ2n) is 6.41. The van der Waals surface area contributed by atoms with Gasteiger partial charge in [-0.2, -0.15) is 0 Å². The number of halogens is 3. The minimum atomic E-state index is -0.440. The van der Waals surface area contributed by atoms with Gasteiger partial charge in [-0.15, -0.1) is 24.0 Å². The molecular formula is C19H30F2IN5O. The van der Waals surface area contributed by atoms with Crippen LogP contribution in [-0.4, -0.2) is 62.6 Å². The Morgan fingerprint density at radius 2 is 1.86 bits per heavy atom. The van der Waals surface area contributed by atoms with Gasteiger partial charge in [-0.1, -0.05) is 6.92 Å². The molecule has 2 rings (SSSR count). The van der Waals surface area contributed by atoms with Crippen LogP contribution in [0.3, 0.4) is 0 Å². The van der Waals surface area contributed by atoms with Gasteiger partial charge in [0.05, 0.1) is 12.2 Å². The molecule has 0 bridgehead atoms. The Labute approximate surface area is 182 Å². The van der Waals surface area contributed by atoms with Crippen molar-refractivity contribution in [1.29, 1.82) is 0 Å². The lowest BCUT2D eigenvalue weighted by atomic mass is 10.2.